The first-order valence-electron chi connectivity index (χ1n) is 8.92. The van der Waals surface area contributed by atoms with Gasteiger partial charge in [-0.05, 0) is 48.8 Å². The summed E-state index contributed by atoms with van der Waals surface area (Å²) in [7, 11) is 0. The molecule has 0 bridgehead atoms. The van der Waals surface area contributed by atoms with Gasteiger partial charge in [0.25, 0.3) is 6.36 Å². The average Bonchev–Trinajstić information content (AvgIpc) is 2.60. The molecule has 25 heavy (non-hydrogen) atoms. The number of alkyl halides is 4. The molecule has 1 aromatic carbocycles. The number of rotatable bonds is 8. The maximum atomic E-state index is 12.6. The van der Waals surface area contributed by atoms with Crippen molar-refractivity contribution >= 4 is 0 Å². The predicted octanol–water partition coefficient (Wildman–Crippen LogP) is 5.70. The molecular weight excluding hydrogens is 336 g/mol. The van der Waals surface area contributed by atoms with Gasteiger partial charge in [0, 0.05) is 0 Å². The number of hydrogen-bond donors (Lipinski definition) is 0. The van der Waals surface area contributed by atoms with Gasteiger partial charge >= 0.3 is 6.18 Å². The number of benzene rings is 1. The van der Waals surface area contributed by atoms with Crippen molar-refractivity contribution in [1.29, 1.82) is 0 Å². The van der Waals surface area contributed by atoms with E-state index in [4.69, 9.17) is 4.74 Å². The largest absolute Gasteiger partial charge is 0.493 e. The molecule has 1 atom stereocenters. The summed E-state index contributed by atoms with van der Waals surface area (Å²) in [5.74, 6) is 2.21. The molecule has 0 radical (unpaired) electrons. The first-order valence-corrected chi connectivity index (χ1v) is 8.92. The van der Waals surface area contributed by atoms with E-state index in [1.165, 1.54) is 32.1 Å². The molecule has 0 saturated heterocycles. The van der Waals surface area contributed by atoms with Crippen LogP contribution in [0.3, 0.4) is 0 Å². The van der Waals surface area contributed by atoms with Crippen molar-refractivity contribution in [1.82, 2.24) is 0 Å². The molecule has 1 unspecified atom stereocenters. The smallest absolute Gasteiger partial charge is 0.445 e. The molecule has 0 heterocycles. The molecule has 0 N–H and O–H groups in total. The van der Waals surface area contributed by atoms with E-state index in [0.717, 1.165) is 17.2 Å². The summed E-state index contributed by atoms with van der Waals surface area (Å²) in [5, 5.41) is 0. The van der Waals surface area contributed by atoms with Gasteiger partial charge < -0.3 is 9.47 Å². The molecule has 2 nitrogen and oxygen atoms in total. The van der Waals surface area contributed by atoms with E-state index in [-0.39, 0.29) is 13.0 Å². The fraction of sp³-hybridized carbons (Fsp3) is 0.684. The van der Waals surface area contributed by atoms with E-state index < -0.39 is 12.5 Å². The zero-order valence-electron chi connectivity index (χ0n) is 14.5. The third-order valence-electron chi connectivity index (χ3n) is 4.86. The van der Waals surface area contributed by atoms with Crippen molar-refractivity contribution < 1.29 is 27.0 Å². The summed E-state index contributed by atoms with van der Waals surface area (Å²) in [6, 6.07) is 7.13. The lowest BCUT2D eigenvalue weighted by Crippen LogP contribution is -2.27. The fourth-order valence-electron chi connectivity index (χ4n) is 3.15. The van der Waals surface area contributed by atoms with Gasteiger partial charge in [0.15, 0.2) is 0 Å². The van der Waals surface area contributed by atoms with Crippen LogP contribution in [0.4, 0.5) is 17.6 Å². The van der Waals surface area contributed by atoms with Crippen LogP contribution in [0, 0.1) is 11.8 Å². The van der Waals surface area contributed by atoms with Gasteiger partial charge in [0.05, 0.1) is 13.2 Å². The second-order valence-corrected chi connectivity index (χ2v) is 6.73. The predicted molar refractivity (Wildman–Crippen MR) is 88.3 cm³/mol. The van der Waals surface area contributed by atoms with Crippen molar-refractivity contribution in [2.24, 2.45) is 11.8 Å². The third-order valence-corrected chi connectivity index (χ3v) is 4.86. The molecule has 2 rings (SSSR count). The molecular formula is C19H26F4O2. The highest BCUT2D eigenvalue weighted by Crippen LogP contribution is 2.31. The van der Waals surface area contributed by atoms with Gasteiger partial charge in [-0.25, -0.2) is 4.39 Å². The van der Waals surface area contributed by atoms with Crippen LogP contribution in [0.5, 0.6) is 5.75 Å². The van der Waals surface area contributed by atoms with Gasteiger partial charge in [-0.1, -0.05) is 38.3 Å². The molecule has 0 aliphatic heterocycles. The lowest BCUT2D eigenvalue weighted by molar-refractivity contribution is -0.264. The normalized spacial score (nSPS) is 22.6. The molecule has 6 heteroatoms. The Bertz CT molecular complexity index is 493. The zero-order chi connectivity index (χ0) is 18.3. The average molecular weight is 362 g/mol. The minimum absolute atomic E-state index is 0.220. The van der Waals surface area contributed by atoms with Crippen LogP contribution in [-0.2, 0) is 11.2 Å². The first-order chi connectivity index (χ1) is 11.9. The van der Waals surface area contributed by atoms with Crippen LogP contribution >= 0.6 is 0 Å². The first kappa shape index (κ1) is 20.0. The van der Waals surface area contributed by atoms with Crippen LogP contribution in [0.2, 0.25) is 0 Å². The van der Waals surface area contributed by atoms with Crippen molar-refractivity contribution in [3.63, 3.8) is 0 Å². The van der Waals surface area contributed by atoms with Crippen LogP contribution in [0.15, 0.2) is 24.3 Å². The molecule has 1 aliphatic carbocycles. The van der Waals surface area contributed by atoms with Crippen molar-refractivity contribution in [2.75, 3.05) is 13.2 Å². The molecule has 1 aliphatic rings. The summed E-state index contributed by atoms with van der Waals surface area (Å²) in [6.07, 6.45) is -1.75. The number of hydrogen-bond acceptors (Lipinski definition) is 2. The van der Waals surface area contributed by atoms with Gasteiger partial charge in [-0.15, -0.1) is 0 Å². The summed E-state index contributed by atoms with van der Waals surface area (Å²) < 4.78 is 58.6. The maximum absolute atomic E-state index is 12.6. The van der Waals surface area contributed by atoms with E-state index >= 15 is 0 Å². The van der Waals surface area contributed by atoms with Crippen LogP contribution in [0.1, 0.15) is 44.6 Å². The molecule has 142 valence electrons. The van der Waals surface area contributed by atoms with Crippen molar-refractivity contribution in [3.05, 3.63) is 29.8 Å². The van der Waals surface area contributed by atoms with Crippen molar-refractivity contribution in [2.45, 2.75) is 58.0 Å². The van der Waals surface area contributed by atoms with Crippen molar-refractivity contribution in [3.8, 4) is 5.75 Å². The Hall–Kier alpha value is -1.30. The van der Waals surface area contributed by atoms with Gasteiger partial charge in [-0.2, -0.15) is 13.2 Å². The number of halogens is 4. The summed E-state index contributed by atoms with van der Waals surface area (Å²) in [6.45, 7) is 2.63. The standard InChI is InChI=1S/C19H26F4O2/c1-2-14-3-5-16(6-4-14)13-25-17-9-7-15(8-10-17)11-12-24-18(20)19(21,22)23/h7-10,14,16,18H,2-6,11-13H2,1H3. The van der Waals surface area contributed by atoms with E-state index in [2.05, 4.69) is 11.7 Å². The highest BCUT2D eigenvalue weighted by Gasteiger charge is 2.41. The Kier molecular flexibility index (Phi) is 7.54. The number of ether oxygens (including phenoxy) is 2. The van der Waals surface area contributed by atoms with Crippen LogP contribution in [-0.4, -0.2) is 25.7 Å². The van der Waals surface area contributed by atoms with Gasteiger partial charge in [0.1, 0.15) is 5.75 Å². The van der Waals surface area contributed by atoms with E-state index in [1.807, 2.05) is 0 Å². The summed E-state index contributed by atoms with van der Waals surface area (Å²) in [4.78, 5) is 0. The highest BCUT2D eigenvalue weighted by molar-refractivity contribution is 5.27. The molecule has 1 fully saturated rings. The Balaban J connectivity index is 1.68. The lowest BCUT2D eigenvalue weighted by Gasteiger charge is -2.27. The Morgan fingerprint density at radius 2 is 1.64 bits per heavy atom. The molecule has 0 aromatic heterocycles. The Labute approximate surface area is 146 Å². The second-order valence-electron chi connectivity index (χ2n) is 6.73. The van der Waals surface area contributed by atoms with E-state index in [9.17, 15) is 17.6 Å². The molecule has 1 aromatic rings. The monoisotopic (exact) mass is 362 g/mol. The minimum Gasteiger partial charge on any atom is -0.493 e. The maximum Gasteiger partial charge on any atom is 0.445 e. The van der Waals surface area contributed by atoms with Crippen LogP contribution < -0.4 is 4.74 Å². The summed E-state index contributed by atoms with van der Waals surface area (Å²) >= 11 is 0. The fourth-order valence-corrected chi connectivity index (χ4v) is 3.15. The Morgan fingerprint density at radius 3 is 2.20 bits per heavy atom. The second kappa shape index (κ2) is 9.41. The molecule has 1 saturated carbocycles. The molecule has 0 amide bonds. The van der Waals surface area contributed by atoms with Gasteiger partial charge in [-0.3, -0.25) is 0 Å². The SMILES string of the molecule is CCC1CCC(COc2ccc(CCOC(F)C(F)(F)F)cc2)CC1. The van der Waals surface area contributed by atoms with E-state index in [0.29, 0.717) is 12.5 Å². The lowest BCUT2D eigenvalue weighted by atomic mass is 9.81. The zero-order valence-corrected chi connectivity index (χ0v) is 14.5. The van der Waals surface area contributed by atoms with E-state index in [1.54, 1.807) is 24.3 Å². The summed E-state index contributed by atoms with van der Waals surface area (Å²) in [5.41, 5.74) is 0.783. The molecule has 0 spiro atoms. The van der Waals surface area contributed by atoms with Crippen LogP contribution in [0.25, 0.3) is 0 Å². The third kappa shape index (κ3) is 6.84. The highest BCUT2D eigenvalue weighted by atomic mass is 19.4. The quantitative estimate of drug-likeness (QED) is 0.552. The topological polar surface area (TPSA) is 18.5 Å². The minimum atomic E-state index is -4.96. The Morgan fingerprint density at radius 1 is 1.04 bits per heavy atom. The van der Waals surface area contributed by atoms with Gasteiger partial charge in [0.2, 0.25) is 0 Å².